The third-order valence-electron chi connectivity index (χ3n) is 4.79. The van der Waals surface area contributed by atoms with Crippen LogP contribution in [-0.4, -0.2) is 40.5 Å². The average molecular weight is 335 g/mol. The first-order valence-electron chi connectivity index (χ1n) is 9.25. The van der Waals surface area contributed by atoms with E-state index in [1.54, 1.807) is 17.8 Å². The molecule has 1 atom stereocenters. The number of nitrogens with zero attached hydrogens (tertiary/aromatic N) is 3. The van der Waals surface area contributed by atoms with E-state index in [4.69, 9.17) is 0 Å². The van der Waals surface area contributed by atoms with Crippen LogP contribution in [0, 0.1) is 5.92 Å². The molecule has 6 heteroatoms. The Morgan fingerprint density at radius 1 is 1.38 bits per heavy atom. The lowest BCUT2D eigenvalue weighted by Crippen LogP contribution is -2.39. The second-order valence-corrected chi connectivity index (χ2v) is 7.09. The summed E-state index contributed by atoms with van der Waals surface area (Å²) < 4.78 is 1.70. The van der Waals surface area contributed by atoms with Gasteiger partial charge in [-0.3, -0.25) is 4.68 Å². The van der Waals surface area contributed by atoms with Crippen LogP contribution in [0.5, 0.6) is 0 Å². The maximum absolute atomic E-state index is 10.6. The van der Waals surface area contributed by atoms with Crippen molar-refractivity contribution in [2.24, 2.45) is 18.0 Å². The second-order valence-electron chi connectivity index (χ2n) is 7.09. The summed E-state index contributed by atoms with van der Waals surface area (Å²) in [6.07, 6.45) is 11.6. The van der Waals surface area contributed by atoms with Crippen molar-refractivity contribution in [3.63, 3.8) is 0 Å². The van der Waals surface area contributed by atoms with Crippen LogP contribution in [0.4, 0.5) is 0 Å². The summed E-state index contributed by atoms with van der Waals surface area (Å²) in [5.41, 5.74) is -0.230. The van der Waals surface area contributed by atoms with Gasteiger partial charge in [0.15, 0.2) is 5.96 Å². The highest BCUT2D eigenvalue weighted by Crippen LogP contribution is 2.25. The Balaban J connectivity index is 1.84. The molecule has 2 rings (SSSR count). The van der Waals surface area contributed by atoms with Crippen molar-refractivity contribution in [3.8, 4) is 0 Å². The van der Waals surface area contributed by atoms with Gasteiger partial charge in [0.2, 0.25) is 0 Å². The average Bonchev–Trinajstić information content (AvgIpc) is 3.01. The van der Waals surface area contributed by atoms with Gasteiger partial charge in [-0.15, -0.1) is 0 Å². The Morgan fingerprint density at radius 3 is 2.75 bits per heavy atom. The van der Waals surface area contributed by atoms with Crippen molar-refractivity contribution in [3.05, 3.63) is 18.0 Å². The largest absolute Gasteiger partial charge is 0.383 e. The molecule has 24 heavy (non-hydrogen) atoms. The molecule has 0 saturated heterocycles. The molecule has 1 aliphatic carbocycles. The molecule has 0 radical (unpaired) electrons. The highest BCUT2D eigenvalue weighted by Gasteiger charge is 2.24. The monoisotopic (exact) mass is 335 g/mol. The normalized spacial score (nSPS) is 19.1. The summed E-state index contributed by atoms with van der Waals surface area (Å²) in [6.45, 7) is 5.88. The molecular weight excluding hydrogens is 302 g/mol. The first-order valence-corrected chi connectivity index (χ1v) is 9.25. The molecule has 0 aliphatic heterocycles. The van der Waals surface area contributed by atoms with Gasteiger partial charge in [0.1, 0.15) is 5.60 Å². The van der Waals surface area contributed by atoms with Gasteiger partial charge in [-0.25, -0.2) is 4.99 Å². The van der Waals surface area contributed by atoms with Gasteiger partial charge < -0.3 is 15.7 Å². The van der Waals surface area contributed by atoms with Gasteiger partial charge in [-0.1, -0.05) is 32.1 Å². The molecule has 1 aliphatic rings. The van der Waals surface area contributed by atoms with E-state index in [2.05, 4.69) is 27.6 Å². The topological polar surface area (TPSA) is 74.5 Å². The maximum Gasteiger partial charge on any atom is 0.191 e. The first kappa shape index (κ1) is 18.8. The molecule has 6 nitrogen and oxygen atoms in total. The van der Waals surface area contributed by atoms with E-state index in [9.17, 15) is 5.11 Å². The standard InChI is InChI=1S/C18H33N5O/c1-4-19-17(20-11-10-15-8-6-5-7-9-15)21-14-18(2,24)16-12-22-23(3)13-16/h12-13,15,24H,4-11,14H2,1-3H3,(H2,19,20,21). The Kier molecular flexibility index (Phi) is 7.09. The first-order chi connectivity index (χ1) is 11.5. The summed E-state index contributed by atoms with van der Waals surface area (Å²) in [7, 11) is 1.85. The molecule has 1 unspecified atom stereocenters. The molecular formula is C18H33N5O. The smallest absolute Gasteiger partial charge is 0.191 e. The van der Waals surface area contributed by atoms with Crippen LogP contribution in [-0.2, 0) is 12.6 Å². The lowest BCUT2D eigenvalue weighted by Gasteiger charge is -2.23. The Hall–Kier alpha value is -1.56. The number of aliphatic hydroxyl groups is 1. The van der Waals surface area contributed by atoms with Crippen molar-refractivity contribution in [1.29, 1.82) is 0 Å². The fourth-order valence-electron chi connectivity index (χ4n) is 3.24. The van der Waals surface area contributed by atoms with E-state index in [1.807, 2.05) is 13.2 Å². The zero-order valence-corrected chi connectivity index (χ0v) is 15.4. The number of aromatic nitrogens is 2. The third kappa shape index (κ3) is 5.82. The van der Waals surface area contributed by atoms with Gasteiger partial charge in [0.05, 0.1) is 12.7 Å². The lowest BCUT2D eigenvalue weighted by atomic mass is 9.87. The predicted molar refractivity (Wildman–Crippen MR) is 98.0 cm³/mol. The van der Waals surface area contributed by atoms with Gasteiger partial charge >= 0.3 is 0 Å². The number of aliphatic imine (C=N–C) groups is 1. The number of hydrogen-bond donors (Lipinski definition) is 3. The second kappa shape index (κ2) is 9.06. The summed E-state index contributed by atoms with van der Waals surface area (Å²) in [5, 5.41) is 21.4. The number of guanidine groups is 1. The summed E-state index contributed by atoms with van der Waals surface area (Å²) in [6, 6.07) is 0. The van der Waals surface area contributed by atoms with Crippen LogP contribution in [0.15, 0.2) is 17.4 Å². The molecule has 1 fully saturated rings. The van der Waals surface area contributed by atoms with Crippen molar-refractivity contribution in [2.45, 2.75) is 58.0 Å². The molecule has 136 valence electrons. The minimum absolute atomic E-state index is 0.303. The van der Waals surface area contributed by atoms with Crippen LogP contribution in [0.3, 0.4) is 0 Å². The van der Waals surface area contributed by atoms with Crippen molar-refractivity contribution < 1.29 is 5.11 Å². The minimum Gasteiger partial charge on any atom is -0.383 e. The SMILES string of the molecule is CCNC(=NCC(C)(O)c1cnn(C)c1)NCCC1CCCCC1. The molecule has 1 saturated carbocycles. The van der Waals surface area contributed by atoms with Crippen LogP contribution >= 0.6 is 0 Å². The minimum atomic E-state index is -1.01. The lowest BCUT2D eigenvalue weighted by molar-refractivity contribution is 0.0672. The fourth-order valence-corrected chi connectivity index (χ4v) is 3.24. The molecule has 0 spiro atoms. The molecule has 0 aromatic carbocycles. The molecule has 0 amide bonds. The summed E-state index contributed by atoms with van der Waals surface area (Å²) >= 11 is 0. The maximum atomic E-state index is 10.6. The molecule has 0 bridgehead atoms. The zero-order chi connectivity index (χ0) is 17.4. The van der Waals surface area contributed by atoms with E-state index in [0.29, 0.717) is 6.54 Å². The highest BCUT2D eigenvalue weighted by atomic mass is 16.3. The van der Waals surface area contributed by atoms with Gasteiger partial charge in [0.25, 0.3) is 0 Å². The highest BCUT2D eigenvalue weighted by molar-refractivity contribution is 5.79. The fraction of sp³-hybridized carbons (Fsp3) is 0.778. The number of aryl methyl sites for hydroxylation is 1. The zero-order valence-electron chi connectivity index (χ0n) is 15.4. The van der Waals surface area contributed by atoms with Crippen LogP contribution in [0.25, 0.3) is 0 Å². The van der Waals surface area contributed by atoms with Crippen molar-refractivity contribution in [2.75, 3.05) is 19.6 Å². The number of hydrogen-bond acceptors (Lipinski definition) is 3. The summed E-state index contributed by atoms with van der Waals surface area (Å²) in [4.78, 5) is 4.56. The van der Waals surface area contributed by atoms with Crippen LogP contribution in [0.2, 0.25) is 0 Å². The number of rotatable bonds is 7. The van der Waals surface area contributed by atoms with E-state index < -0.39 is 5.60 Å². The van der Waals surface area contributed by atoms with Gasteiger partial charge in [-0.2, -0.15) is 5.10 Å². The van der Waals surface area contributed by atoms with Crippen molar-refractivity contribution >= 4 is 5.96 Å². The molecule has 1 heterocycles. The molecule has 1 aromatic heterocycles. The molecule has 3 N–H and O–H groups in total. The molecule has 1 aromatic rings. The quantitative estimate of drug-likeness (QED) is 0.527. The van der Waals surface area contributed by atoms with Crippen LogP contribution in [0.1, 0.15) is 57.9 Å². The Morgan fingerprint density at radius 2 is 2.12 bits per heavy atom. The number of nitrogens with one attached hydrogen (secondary N) is 2. The van der Waals surface area contributed by atoms with Crippen molar-refractivity contribution in [1.82, 2.24) is 20.4 Å². The van der Waals surface area contributed by atoms with Gasteiger partial charge in [0, 0.05) is 31.9 Å². The summed E-state index contributed by atoms with van der Waals surface area (Å²) in [5.74, 6) is 1.63. The Bertz CT molecular complexity index is 517. The van der Waals surface area contributed by atoms with E-state index in [0.717, 1.165) is 30.5 Å². The van der Waals surface area contributed by atoms with E-state index >= 15 is 0 Å². The van der Waals surface area contributed by atoms with Crippen LogP contribution < -0.4 is 10.6 Å². The Labute approximate surface area is 145 Å². The third-order valence-corrected chi connectivity index (χ3v) is 4.79. The van der Waals surface area contributed by atoms with E-state index in [1.165, 1.54) is 38.5 Å². The van der Waals surface area contributed by atoms with E-state index in [-0.39, 0.29) is 0 Å². The predicted octanol–water partition coefficient (Wildman–Crippen LogP) is 2.15. The van der Waals surface area contributed by atoms with Gasteiger partial charge in [-0.05, 0) is 26.2 Å².